The van der Waals surface area contributed by atoms with Crippen molar-refractivity contribution < 1.29 is 0 Å². The molecule has 0 amide bonds. The Morgan fingerprint density at radius 1 is 1.21 bits per heavy atom. The molecule has 0 spiro atoms. The third-order valence-electron chi connectivity index (χ3n) is 3.24. The molecule has 0 saturated heterocycles. The first-order valence-corrected chi connectivity index (χ1v) is 7.37. The second-order valence-corrected chi connectivity index (χ2v) is 5.33. The van der Waals surface area contributed by atoms with Crippen molar-refractivity contribution in [3.63, 3.8) is 0 Å². The number of fused-ring (bicyclic) bond motifs is 1. The summed E-state index contributed by atoms with van der Waals surface area (Å²) in [5.74, 6) is 0. The molecular weight excluding hydrogens is 256 g/mol. The van der Waals surface area contributed by atoms with Gasteiger partial charge in [-0.15, -0.1) is 0 Å². The molecule has 1 aromatic carbocycles. The predicted molar refractivity (Wildman–Crippen MR) is 84.3 cm³/mol. The summed E-state index contributed by atoms with van der Waals surface area (Å²) in [7, 11) is 0. The number of hydrogen-bond acceptors (Lipinski definition) is 2. The fraction of sp³-hybridized carbons (Fsp3) is 0.438. The highest BCUT2D eigenvalue weighted by Crippen LogP contribution is 2.32. The molecule has 0 radical (unpaired) electrons. The lowest BCUT2D eigenvalue weighted by Gasteiger charge is -2.13. The van der Waals surface area contributed by atoms with E-state index in [0.717, 1.165) is 53.1 Å². The van der Waals surface area contributed by atoms with Crippen LogP contribution in [0, 0.1) is 6.92 Å². The third-order valence-corrected chi connectivity index (χ3v) is 3.55. The number of benzene rings is 1. The molecule has 3 heteroatoms. The average molecular weight is 277 g/mol. The van der Waals surface area contributed by atoms with Crippen LogP contribution in [0.4, 0.5) is 5.69 Å². The molecule has 2 rings (SSSR count). The number of rotatable bonds is 5. The first-order valence-electron chi connectivity index (χ1n) is 7.00. The van der Waals surface area contributed by atoms with Crippen LogP contribution in [0.25, 0.3) is 10.9 Å². The van der Waals surface area contributed by atoms with Crippen LogP contribution in [0.2, 0.25) is 5.02 Å². The number of halogens is 1. The molecule has 2 aromatic rings. The van der Waals surface area contributed by atoms with Crippen LogP contribution in [0.1, 0.15) is 37.9 Å². The molecule has 0 aliphatic carbocycles. The van der Waals surface area contributed by atoms with E-state index in [4.69, 9.17) is 16.6 Å². The standard InChI is InChI=1S/C16H21ClN2/c1-4-6-12-10-14(18-9-5-2)15-13(17)8-7-11(3)16(15)19-12/h7-8,10H,4-6,9H2,1-3H3,(H,18,19). The quantitative estimate of drug-likeness (QED) is 0.834. The fourth-order valence-corrected chi connectivity index (χ4v) is 2.52. The molecule has 0 aliphatic rings. The van der Waals surface area contributed by atoms with Gasteiger partial charge in [0.25, 0.3) is 0 Å². The van der Waals surface area contributed by atoms with Gasteiger partial charge >= 0.3 is 0 Å². The number of pyridine rings is 1. The van der Waals surface area contributed by atoms with Crippen LogP contribution in [0.5, 0.6) is 0 Å². The summed E-state index contributed by atoms with van der Waals surface area (Å²) in [4.78, 5) is 4.77. The van der Waals surface area contributed by atoms with Crippen molar-refractivity contribution in [2.45, 2.75) is 40.0 Å². The second-order valence-electron chi connectivity index (χ2n) is 4.93. The van der Waals surface area contributed by atoms with E-state index in [-0.39, 0.29) is 0 Å². The van der Waals surface area contributed by atoms with Gasteiger partial charge in [0.2, 0.25) is 0 Å². The van der Waals surface area contributed by atoms with E-state index in [2.05, 4.69) is 32.2 Å². The molecule has 1 aromatic heterocycles. The monoisotopic (exact) mass is 276 g/mol. The second kappa shape index (κ2) is 6.25. The Morgan fingerprint density at radius 3 is 2.68 bits per heavy atom. The maximum absolute atomic E-state index is 6.36. The zero-order valence-corrected chi connectivity index (χ0v) is 12.6. The van der Waals surface area contributed by atoms with Gasteiger partial charge in [0.1, 0.15) is 0 Å². The topological polar surface area (TPSA) is 24.9 Å². The smallest absolute Gasteiger partial charge is 0.0770 e. The molecule has 2 nitrogen and oxygen atoms in total. The summed E-state index contributed by atoms with van der Waals surface area (Å²) in [6.07, 6.45) is 3.20. The van der Waals surface area contributed by atoms with Crippen molar-refractivity contribution in [2.24, 2.45) is 0 Å². The molecule has 0 saturated carbocycles. The normalized spacial score (nSPS) is 10.9. The number of anilines is 1. The van der Waals surface area contributed by atoms with E-state index in [1.807, 2.05) is 12.1 Å². The lowest BCUT2D eigenvalue weighted by Crippen LogP contribution is -2.03. The number of hydrogen-bond donors (Lipinski definition) is 1. The Morgan fingerprint density at radius 2 is 2.00 bits per heavy atom. The number of aryl methyl sites for hydroxylation is 2. The molecule has 0 bridgehead atoms. The van der Waals surface area contributed by atoms with Gasteiger partial charge in [0.05, 0.1) is 10.5 Å². The fourth-order valence-electron chi connectivity index (χ4n) is 2.27. The highest BCUT2D eigenvalue weighted by Gasteiger charge is 2.10. The largest absolute Gasteiger partial charge is 0.384 e. The zero-order valence-electron chi connectivity index (χ0n) is 11.9. The Labute approximate surface area is 120 Å². The number of aromatic nitrogens is 1. The molecule has 0 atom stereocenters. The Kier molecular flexibility index (Phi) is 4.65. The molecule has 102 valence electrons. The van der Waals surface area contributed by atoms with Gasteiger partial charge in [-0.25, -0.2) is 0 Å². The molecule has 1 N–H and O–H groups in total. The summed E-state index contributed by atoms with van der Waals surface area (Å²) in [5, 5.41) is 5.30. The molecular formula is C16H21ClN2. The summed E-state index contributed by atoms with van der Waals surface area (Å²) in [6, 6.07) is 6.14. The lowest BCUT2D eigenvalue weighted by molar-refractivity contribution is 0.888. The Bertz CT molecular complexity index is 578. The molecule has 0 fully saturated rings. The van der Waals surface area contributed by atoms with Crippen LogP contribution in [0.15, 0.2) is 18.2 Å². The molecule has 0 aliphatic heterocycles. The van der Waals surface area contributed by atoms with E-state index in [1.54, 1.807) is 0 Å². The van der Waals surface area contributed by atoms with Crippen LogP contribution in [-0.4, -0.2) is 11.5 Å². The molecule has 0 unspecified atom stereocenters. The minimum Gasteiger partial charge on any atom is -0.384 e. The van der Waals surface area contributed by atoms with Crippen LogP contribution >= 0.6 is 11.6 Å². The molecule has 19 heavy (non-hydrogen) atoms. The van der Waals surface area contributed by atoms with Crippen LogP contribution in [0.3, 0.4) is 0 Å². The van der Waals surface area contributed by atoms with Crippen molar-refractivity contribution in [1.82, 2.24) is 4.98 Å². The van der Waals surface area contributed by atoms with E-state index in [9.17, 15) is 0 Å². The van der Waals surface area contributed by atoms with Gasteiger partial charge in [0, 0.05) is 23.3 Å². The van der Waals surface area contributed by atoms with Gasteiger partial charge < -0.3 is 5.32 Å². The summed E-state index contributed by atoms with van der Waals surface area (Å²) < 4.78 is 0. The Hall–Kier alpha value is -1.28. The van der Waals surface area contributed by atoms with Crippen molar-refractivity contribution in [3.8, 4) is 0 Å². The third kappa shape index (κ3) is 3.01. The molecule has 1 heterocycles. The van der Waals surface area contributed by atoms with E-state index < -0.39 is 0 Å². The lowest BCUT2D eigenvalue weighted by atomic mass is 10.1. The van der Waals surface area contributed by atoms with Crippen molar-refractivity contribution >= 4 is 28.2 Å². The SMILES string of the molecule is CCCNc1cc(CCC)nc2c(C)ccc(Cl)c12. The predicted octanol–water partition coefficient (Wildman–Crippen LogP) is 4.97. The zero-order chi connectivity index (χ0) is 13.8. The first-order chi connectivity index (χ1) is 9.17. The maximum atomic E-state index is 6.36. The van der Waals surface area contributed by atoms with Gasteiger partial charge in [0.15, 0.2) is 0 Å². The summed E-state index contributed by atoms with van der Waals surface area (Å²) >= 11 is 6.36. The minimum absolute atomic E-state index is 0.773. The highest BCUT2D eigenvalue weighted by atomic mass is 35.5. The van der Waals surface area contributed by atoms with Crippen molar-refractivity contribution in [3.05, 3.63) is 34.5 Å². The van der Waals surface area contributed by atoms with E-state index in [1.165, 1.54) is 5.56 Å². The van der Waals surface area contributed by atoms with Crippen LogP contribution < -0.4 is 5.32 Å². The van der Waals surface area contributed by atoms with Gasteiger partial charge in [-0.2, -0.15) is 0 Å². The number of nitrogens with zero attached hydrogens (tertiary/aromatic N) is 1. The Balaban J connectivity index is 2.63. The van der Waals surface area contributed by atoms with Gasteiger partial charge in [-0.1, -0.05) is 37.9 Å². The first kappa shape index (κ1) is 14.1. The number of nitrogens with one attached hydrogen (secondary N) is 1. The maximum Gasteiger partial charge on any atom is 0.0770 e. The van der Waals surface area contributed by atoms with E-state index in [0.29, 0.717) is 0 Å². The van der Waals surface area contributed by atoms with Gasteiger partial charge in [-0.05, 0) is 37.5 Å². The average Bonchev–Trinajstić information content (AvgIpc) is 2.40. The minimum atomic E-state index is 0.773. The summed E-state index contributed by atoms with van der Waals surface area (Å²) in [6.45, 7) is 7.38. The van der Waals surface area contributed by atoms with Gasteiger partial charge in [-0.3, -0.25) is 4.98 Å². The summed E-state index contributed by atoms with van der Waals surface area (Å²) in [5.41, 5.74) is 4.46. The highest BCUT2D eigenvalue weighted by molar-refractivity contribution is 6.36. The van der Waals surface area contributed by atoms with Crippen molar-refractivity contribution in [2.75, 3.05) is 11.9 Å². The van der Waals surface area contributed by atoms with E-state index >= 15 is 0 Å². The van der Waals surface area contributed by atoms with Crippen LogP contribution in [-0.2, 0) is 6.42 Å². The van der Waals surface area contributed by atoms with Crippen molar-refractivity contribution in [1.29, 1.82) is 0 Å².